The van der Waals surface area contributed by atoms with Gasteiger partial charge in [0.2, 0.25) is 11.8 Å². The number of hydrogen-bond donors (Lipinski definition) is 4. The molecule has 0 aliphatic rings. The highest BCUT2D eigenvalue weighted by Gasteiger charge is 2.25. The van der Waals surface area contributed by atoms with Crippen molar-refractivity contribution in [2.75, 3.05) is 18.8 Å². The minimum atomic E-state index is -4.37. The van der Waals surface area contributed by atoms with Gasteiger partial charge in [-0.2, -0.15) is 12.6 Å². The second-order valence-electron chi connectivity index (χ2n) is 10.9. The van der Waals surface area contributed by atoms with Gasteiger partial charge in [0, 0.05) is 48.0 Å². The van der Waals surface area contributed by atoms with Gasteiger partial charge < -0.3 is 15.3 Å². The fourth-order valence-corrected chi connectivity index (χ4v) is 6.47. The summed E-state index contributed by atoms with van der Waals surface area (Å²) in [6.45, 7) is 3.33. The van der Waals surface area contributed by atoms with E-state index in [-0.39, 0.29) is 59.5 Å². The van der Waals surface area contributed by atoms with Crippen LogP contribution < -0.4 is 10.0 Å². The van der Waals surface area contributed by atoms with Crippen molar-refractivity contribution in [1.82, 2.24) is 14.9 Å². The van der Waals surface area contributed by atoms with E-state index in [0.29, 0.717) is 23.6 Å². The van der Waals surface area contributed by atoms with E-state index in [9.17, 15) is 27.9 Å². The number of carbonyl (C=O) groups is 3. The maximum Gasteiger partial charge on any atom is 0.264 e. The molecule has 0 heterocycles. The van der Waals surface area contributed by atoms with Crippen molar-refractivity contribution in [3.63, 3.8) is 0 Å². The van der Waals surface area contributed by atoms with Crippen LogP contribution in [-0.2, 0) is 37.4 Å². The molecule has 0 radical (unpaired) electrons. The quantitative estimate of drug-likeness (QED) is 0.160. The van der Waals surface area contributed by atoms with Crippen molar-refractivity contribution in [3.8, 4) is 11.1 Å². The van der Waals surface area contributed by atoms with Gasteiger partial charge in [-0.15, -0.1) is 0 Å². The predicted octanol–water partition coefficient (Wildman–Crippen LogP) is 4.76. The molecule has 9 nitrogen and oxygen atoms in total. The minimum absolute atomic E-state index is 0.0621. The largest absolute Gasteiger partial charge is 0.384 e. The summed E-state index contributed by atoms with van der Waals surface area (Å²) >= 11 is 10.4. The number of benzene rings is 3. The van der Waals surface area contributed by atoms with Crippen molar-refractivity contribution in [2.24, 2.45) is 5.92 Å². The molecular weight excluding hydrogens is 653 g/mol. The number of nitrogens with zero attached hydrogens (tertiary/aromatic N) is 1. The SMILES string of the molecule is CCCCC(=O)N(CCNC(=O)[C@@H](CS)Cc1cccc(Cl)c1)Cc1ccc(-c2ccccc2S(=O)(=O)NC(=O)[C@H](C)O)cc1F. The number of hydrogen-bond acceptors (Lipinski definition) is 7. The predicted molar refractivity (Wildman–Crippen MR) is 179 cm³/mol. The van der Waals surface area contributed by atoms with Gasteiger partial charge in [-0.05, 0) is 55.2 Å². The van der Waals surface area contributed by atoms with Gasteiger partial charge in [0.15, 0.2) is 0 Å². The number of carbonyl (C=O) groups excluding carboxylic acids is 3. The summed E-state index contributed by atoms with van der Waals surface area (Å²) in [6.07, 6.45) is 0.618. The second-order valence-corrected chi connectivity index (χ2v) is 13.3. The van der Waals surface area contributed by atoms with Crippen LogP contribution in [0.1, 0.15) is 44.2 Å². The number of thiol groups is 1. The maximum atomic E-state index is 15.5. The molecule has 2 atom stereocenters. The van der Waals surface area contributed by atoms with Gasteiger partial charge in [0.25, 0.3) is 15.9 Å². The van der Waals surface area contributed by atoms with E-state index in [2.05, 4.69) is 17.9 Å². The number of aliphatic hydroxyl groups excluding tert-OH is 1. The highest BCUT2D eigenvalue weighted by molar-refractivity contribution is 7.90. The average molecular weight is 692 g/mol. The van der Waals surface area contributed by atoms with E-state index in [4.69, 9.17) is 11.6 Å². The fraction of sp³-hybridized carbons (Fsp3) is 0.364. The molecule has 0 unspecified atom stereocenters. The van der Waals surface area contributed by atoms with Crippen LogP contribution in [0.25, 0.3) is 11.1 Å². The average Bonchev–Trinajstić information content (AvgIpc) is 3.02. The smallest absolute Gasteiger partial charge is 0.264 e. The zero-order valence-corrected chi connectivity index (χ0v) is 28.2. The standard InChI is InChI=1S/C33H39ClFN3O6S2/c1-3-4-12-31(40)38(16-15-36-33(42)26(21-45)17-23-8-7-9-27(34)18-23)20-25-14-13-24(19-29(25)35)28-10-5-6-11-30(28)46(43,44)37-32(41)22(2)39/h5-11,13-14,18-19,22,26,39,45H,3-4,12,15-17,20-21H2,1-2H3,(H,36,42)(H,37,41)/t22-,26+/m0/s1. The van der Waals surface area contributed by atoms with Crippen molar-refractivity contribution >= 4 is 52.0 Å². The number of rotatable bonds is 16. The van der Waals surface area contributed by atoms with E-state index >= 15 is 4.39 Å². The Morgan fingerprint density at radius 3 is 2.43 bits per heavy atom. The fourth-order valence-electron chi connectivity index (χ4n) is 4.69. The van der Waals surface area contributed by atoms with Gasteiger partial charge in [-0.1, -0.05) is 67.4 Å². The number of unbranched alkanes of at least 4 members (excludes halogenated alkanes) is 1. The summed E-state index contributed by atoms with van der Waals surface area (Å²) in [5.41, 5.74) is 1.49. The van der Waals surface area contributed by atoms with Crippen LogP contribution in [-0.4, -0.2) is 61.1 Å². The van der Waals surface area contributed by atoms with Gasteiger partial charge >= 0.3 is 0 Å². The zero-order chi connectivity index (χ0) is 33.9. The van der Waals surface area contributed by atoms with Gasteiger partial charge in [-0.3, -0.25) is 14.4 Å². The molecular formula is C33H39ClFN3O6S2. The van der Waals surface area contributed by atoms with Crippen LogP contribution in [0.4, 0.5) is 4.39 Å². The van der Waals surface area contributed by atoms with Crippen LogP contribution in [0.2, 0.25) is 5.02 Å². The number of amides is 3. The van der Waals surface area contributed by atoms with E-state index < -0.39 is 33.8 Å². The summed E-state index contributed by atoms with van der Waals surface area (Å²) < 4.78 is 43.1. The molecule has 3 N–H and O–H groups in total. The monoisotopic (exact) mass is 691 g/mol. The number of halogens is 2. The van der Waals surface area contributed by atoms with Crippen molar-refractivity contribution in [3.05, 3.63) is 88.7 Å². The molecule has 3 aromatic rings. The third kappa shape index (κ3) is 10.5. The van der Waals surface area contributed by atoms with E-state index in [0.717, 1.165) is 18.9 Å². The molecule has 0 saturated carbocycles. The molecule has 0 saturated heterocycles. The molecule has 0 fully saturated rings. The van der Waals surface area contributed by atoms with E-state index in [1.807, 2.05) is 23.8 Å². The molecule has 0 aliphatic heterocycles. The Labute approximate surface area is 280 Å². The summed E-state index contributed by atoms with van der Waals surface area (Å²) in [6, 6.07) is 17.2. The number of sulfonamides is 1. The highest BCUT2D eigenvalue weighted by atomic mass is 35.5. The Hall–Kier alpha value is -3.45. The molecule has 248 valence electrons. The highest BCUT2D eigenvalue weighted by Crippen LogP contribution is 2.29. The van der Waals surface area contributed by atoms with Crippen LogP contribution in [0.15, 0.2) is 71.6 Å². The summed E-state index contributed by atoms with van der Waals surface area (Å²) in [7, 11) is -4.37. The number of nitrogens with one attached hydrogen (secondary N) is 2. The van der Waals surface area contributed by atoms with E-state index in [1.54, 1.807) is 18.2 Å². The molecule has 13 heteroatoms. The molecule has 0 aromatic heterocycles. The third-order valence-electron chi connectivity index (χ3n) is 7.26. The van der Waals surface area contributed by atoms with Gasteiger partial charge in [-0.25, -0.2) is 17.5 Å². The Morgan fingerprint density at radius 1 is 1.04 bits per heavy atom. The van der Waals surface area contributed by atoms with Gasteiger partial charge in [0.05, 0.1) is 10.8 Å². The first kappa shape index (κ1) is 37.0. The minimum Gasteiger partial charge on any atom is -0.384 e. The van der Waals surface area contributed by atoms with E-state index in [1.165, 1.54) is 41.3 Å². The van der Waals surface area contributed by atoms with Gasteiger partial charge in [0.1, 0.15) is 11.9 Å². The van der Waals surface area contributed by atoms with Crippen molar-refractivity contribution in [1.29, 1.82) is 0 Å². The Morgan fingerprint density at radius 2 is 1.78 bits per heavy atom. The van der Waals surface area contributed by atoms with Crippen molar-refractivity contribution < 1.29 is 32.3 Å². The first-order valence-electron chi connectivity index (χ1n) is 14.9. The Kier molecular flexibility index (Phi) is 14.1. The summed E-state index contributed by atoms with van der Waals surface area (Å²) in [5, 5.41) is 12.9. The lowest BCUT2D eigenvalue weighted by atomic mass is 10.0. The first-order chi connectivity index (χ1) is 21.9. The Bertz CT molecular complexity index is 1640. The normalized spacial score (nSPS) is 12.7. The molecule has 3 amide bonds. The molecule has 0 spiro atoms. The lowest BCUT2D eigenvalue weighted by Gasteiger charge is -2.24. The topological polar surface area (TPSA) is 133 Å². The maximum absolute atomic E-state index is 15.5. The van der Waals surface area contributed by atoms with Crippen LogP contribution in [0.5, 0.6) is 0 Å². The van der Waals surface area contributed by atoms with Crippen LogP contribution in [0.3, 0.4) is 0 Å². The summed E-state index contributed by atoms with van der Waals surface area (Å²) in [4.78, 5) is 39.1. The molecule has 0 bridgehead atoms. The lowest BCUT2D eigenvalue weighted by molar-refractivity contribution is -0.132. The molecule has 0 aliphatic carbocycles. The van der Waals surface area contributed by atoms with Crippen LogP contribution in [0, 0.1) is 11.7 Å². The van der Waals surface area contributed by atoms with Crippen LogP contribution >= 0.6 is 24.2 Å². The first-order valence-corrected chi connectivity index (χ1v) is 17.4. The Balaban J connectivity index is 1.76. The summed E-state index contributed by atoms with van der Waals surface area (Å²) in [5.74, 6) is -2.26. The lowest BCUT2D eigenvalue weighted by Crippen LogP contribution is -2.40. The molecule has 3 aromatic carbocycles. The zero-order valence-electron chi connectivity index (χ0n) is 25.7. The number of aliphatic hydroxyl groups is 1. The molecule has 46 heavy (non-hydrogen) atoms. The van der Waals surface area contributed by atoms with Crippen molar-refractivity contribution in [2.45, 2.75) is 57.1 Å². The molecule has 3 rings (SSSR count). The second kappa shape index (κ2) is 17.5. The third-order valence-corrected chi connectivity index (χ3v) is 9.34.